The van der Waals surface area contributed by atoms with Crippen molar-refractivity contribution in [1.82, 2.24) is 10.2 Å². The average Bonchev–Trinajstić information content (AvgIpc) is 2.94. The number of anilines is 1. The van der Waals surface area contributed by atoms with Gasteiger partial charge in [-0.05, 0) is 42.0 Å². The van der Waals surface area contributed by atoms with Crippen LogP contribution in [0.2, 0.25) is 5.02 Å². The van der Waals surface area contributed by atoms with Crippen molar-refractivity contribution in [3.05, 3.63) is 58.1 Å². The van der Waals surface area contributed by atoms with Crippen molar-refractivity contribution in [2.24, 2.45) is 0 Å². The molecule has 0 bridgehead atoms. The Morgan fingerprint density at radius 2 is 1.81 bits per heavy atom. The van der Waals surface area contributed by atoms with E-state index >= 15 is 0 Å². The zero-order valence-electron chi connectivity index (χ0n) is 19.1. The molecule has 7 nitrogen and oxygen atoms in total. The summed E-state index contributed by atoms with van der Waals surface area (Å²) in [5, 5.41) is 5.92. The third-order valence-electron chi connectivity index (χ3n) is 5.66. The molecular formula is C24H28ClN3O4. The van der Waals surface area contributed by atoms with Crippen molar-refractivity contribution in [2.75, 3.05) is 19.0 Å². The number of imide groups is 1. The molecule has 1 atom stereocenters. The van der Waals surface area contributed by atoms with Crippen molar-refractivity contribution >= 4 is 35.1 Å². The smallest absolute Gasteiger partial charge is 0.325 e. The second-order valence-corrected chi connectivity index (χ2v) is 9.53. The lowest BCUT2D eigenvalue weighted by atomic mass is 9.84. The number of hydrogen-bond donors (Lipinski definition) is 2. The minimum Gasteiger partial charge on any atom is -0.495 e. The highest BCUT2D eigenvalue weighted by molar-refractivity contribution is 6.31. The highest BCUT2D eigenvalue weighted by atomic mass is 35.5. The van der Waals surface area contributed by atoms with E-state index in [1.54, 1.807) is 26.0 Å². The summed E-state index contributed by atoms with van der Waals surface area (Å²) in [5.74, 6) is -0.629. The van der Waals surface area contributed by atoms with Crippen LogP contribution in [-0.2, 0) is 20.5 Å². The minimum atomic E-state index is -1.25. The first-order valence-corrected chi connectivity index (χ1v) is 10.6. The Hall–Kier alpha value is -3.06. The number of amides is 4. The van der Waals surface area contributed by atoms with Crippen molar-refractivity contribution < 1.29 is 19.1 Å². The molecule has 0 radical (unpaired) electrons. The van der Waals surface area contributed by atoms with Crippen LogP contribution in [0.4, 0.5) is 10.5 Å². The molecule has 2 N–H and O–H groups in total. The molecule has 1 heterocycles. The highest BCUT2D eigenvalue weighted by Crippen LogP contribution is 2.33. The zero-order chi connectivity index (χ0) is 23.8. The van der Waals surface area contributed by atoms with Gasteiger partial charge in [0, 0.05) is 11.1 Å². The maximum absolute atomic E-state index is 13.2. The Morgan fingerprint density at radius 1 is 1.19 bits per heavy atom. The SMILES string of the molecule is COc1cc(Cl)c(C)cc1NC(=O)CN1C(=O)NC(C)(c2ccc(C(C)(C)C)cc2)C1=O. The predicted molar refractivity (Wildman–Crippen MR) is 124 cm³/mol. The van der Waals surface area contributed by atoms with Gasteiger partial charge in [0.05, 0.1) is 12.8 Å². The first-order chi connectivity index (χ1) is 14.9. The zero-order valence-corrected chi connectivity index (χ0v) is 19.9. The second-order valence-electron chi connectivity index (χ2n) is 9.12. The molecule has 1 saturated heterocycles. The van der Waals surface area contributed by atoms with Gasteiger partial charge in [-0.2, -0.15) is 0 Å². The van der Waals surface area contributed by atoms with Crippen molar-refractivity contribution in [1.29, 1.82) is 0 Å². The maximum Gasteiger partial charge on any atom is 0.325 e. The Kier molecular flexibility index (Phi) is 6.24. The lowest BCUT2D eigenvalue weighted by molar-refractivity contribution is -0.133. The van der Waals surface area contributed by atoms with Crippen molar-refractivity contribution in [2.45, 2.75) is 45.6 Å². The number of nitrogens with one attached hydrogen (secondary N) is 2. The summed E-state index contributed by atoms with van der Waals surface area (Å²) in [6, 6.07) is 10.2. The van der Waals surface area contributed by atoms with Gasteiger partial charge in [-0.3, -0.25) is 14.5 Å². The van der Waals surface area contributed by atoms with Crippen LogP contribution in [0.25, 0.3) is 0 Å². The van der Waals surface area contributed by atoms with Crippen LogP contribution in [0.3, 0.4) is 0 Å². The summed E-state index contributed by atoms with van der Waals surface area (Å²) in [4.78, 5) is 39.3. The van der Waals surface area contributed by atoms with Crippen LogP contribution in [0.1, 0.15) is 44.4 Å². The number of hydrogen-bond acceptors (Lipinski definition) is 4. The predicted octanol–water partition coefficient (Wildman–Crippen LogP) is 4.36. The molecule has 8 heteroatoms. The number of carbonyl (C=O) groups is 3. The molecule has 3 rings (SSSR count). The molecule has 1 fully saturated rings. The van der Waals surface area contributed by atoms with Gasteiger partial charge in [0.15, 0.2) is 0 Å². The fourth-order valence-electron chi connectivity index (χ4n) is 3.60. The van der Waals surface area contributed by atoms with Gasteiger partial charge in [-0.1, -0.05) is 56.6 Å². The van der Waals surface area contributed by atoms with Gasteiger partial charge >= 0.3 is 6.03 Å². The van der Waals surface area contributed by atoms with Gasteiger partial charge in [-0.25, -0.2) is 4.79 Å². The molecule has 0 aliphatic carbocycles. The Bertz CT molecular complexity index is 1080. The van der Waals surface area contributed by atoms with Crippen molar-refractivity contribution in [3.8, 4) is 5.75 Å². The fourth-order valence-corrected chi connectivity index (χ4v) is 3.76. The highest BCUT2D eigenvalue weighted by Gasteiger charge is 2.49. The van der Waals surface area contributed by atoms with Gasteiger partial charge in [0.1, 0.15) is 17.8 Å². The molecular weight excluding hydrogens is 430 g/mol. The molecule has 4 amide bonds. The van der Waals surface area contributed by atoms with Crippen LogP contribution < -0.4 is 15.4 Å². The van der Waals surface area contributed by atoms with E-state index in [0.717, 1.165) is 16.0 Å². The number of methoxy groups -OCH3 is 1. The minimum absolute atomic E-state index is 0.0342. The summed E-state index contributed by atoms with van der Waals surface area (Å²) in [7, 11) is 1.46. The average molecular weight is 458 g/mol. The Balaban J connectivity index is 1.78. The monoisotopic (exact) mass is 457 g/mol. The third-order valence-corrected chi connectivity index (χ3v) is 6.07. The van der Waals surface area contributed by atoms with E-state index in [9.17, 15) is 14.4 Å². The molecule has 1 aliphatic heterocycles. The molecule has 32 heavy (non-hydrogen) atoms. The van der Waals surface area contributed by atoms with Crippen LogP contribution in [0, 0.1) is 6.92 Å². The van der Waals surface area contributed by atoms with Gasteiger partial charge in [-0.15, -0.1) is 0 Å². The molecule has 2 aromatic rings. The van der Waals surface area contributed by atoms with E-state index in [1.165, 1.54) is 7.11 Å². The number of benzene rings is 2. The standard InChI is InChI=1S/C24H28ClN3O4/c1-14-11-18(19(32-6)12-17(14)25)26-20(29)13-28-21(30)24(5,27-22(28)31)16-9-7-15(8-10-16)23(2,3)4/h7-12H,13H2,1-6H3,(H,26,29)(H,27,31). The van der Waals surface area contributed by atoms with Gasteiger partial charge in [0.2, 0.25) is 5.91 Å². The largest absolute Gasteiger partial charge is 0.495 e. The normalized spacial score (nSPS) is 18.5. The first kappa shape index (κ1) is 23.6. The summed E-state index contributed by atoms with van der Waals surface area (Å²) >= 11 is 6.10. The first-order valence-electron chi connectivity index (χ1n) is 10.3. The van der Waals surface area contributed by atoms with Crippen LogP contribution in [0.5, 0.6) is 5.75 Å². The number of nitrogens with zero attached hydrogens (tertiary/aromatic N) is 1. The van der Waals surface area contributed by atoms with Gasteiger partial charge in [0.25, 0.3) is 5.91 Å². The van der Waals surface area contributed by atoms with E-state index in [-0.39, 0.29) is 5.41 Å². The number of halogens is 1. The topological polar surface area (TPSA) is 87.7 Å². The number of urea groups is 1. The molecule has 0 aromatic heterocycles. The fraction of sp³-hybridized carbons (Fsp3) is 0.375. The van der Waals surface area contributed by atoms with Crippen LogP contribution in [-0.4, -0.2) is 36.4 Å². The summed E-state index contributed by atoms with van der Waals surface area (Å²) < 4.78 is 5.26. The van der Waals surface area contributed by atoms with E-state index in [2.05, 4.69) is 31.4 Å². The summed E-state index contributed by atoms with van der Waals surface area (Å²) in [5.41, 5.74) is 1.65. The van der Waals surface area contributed by atoms with Gasteiger partial charge < -0.3 is 15.4 Å². The maximum atomic E-state index is 13.2. The molecule has 1 unspecified atom stereocenters. The Labute approximate surface area is 193 Å². The van der Waals surface area contributed by atoms with E-state index in [4.69, 9.17) is 16.3 Å². The summed E-state index contributed by atoms with van der Waals surface area (Å²) in [6.07, 6.45) is 0. The number of rotatable bonds is 5. The third kappa shape index (κ3) is 4.43. The lowest BCUT2D eigenvalue weighted by Gasteiger charge is -2.24. The quantitative estimate of drug-likeness (QED) is 0.653. The molecule has 1 aliphatic rings. The van der Waals surface area contributed by atoms with Crippen LogP contribution in [0.15, 0.2) is 36.4 Å². The Morgan fingerprint density at radius 3 is 2.38 bits per heavy atom. The number of ether oxygens (including phenoxy) is 1. The number of aryl methyl sites for hydroxylation is 1. The lowest BCUT2D eigenvalue weighted by Crippen LogP contribution is -2.42. The van der Waals surface area contributed by atoms with E-state index in [1.807, 2.05) is 24.3 Å². The van der Waals surface area contributed by atoms with E-state index < -0.39 is 29.9 Å². The summed E-state index contributed by atoms with van der Waals surface area (Å²) in [6.45, 7) is 9.32. The number of carbonyl (C=O) groups excluding carboxylic acids is 3. The molecule has 0 spiro atoms. The second kappa shape index (κ2) is 8.47. The van der Waals surface area contributed by atoms with Crippen molar-refractivity contribution in [3.63, 3.8) is 0 Å². The van der Waals surface area contributed by atoms with E-state index in [0.29, 0.717) is 22.0 Å². The molecule has 2 aromatic carbocycles. The molecule has 170 valence electrons. The molecule has 0 saturated carbocycles. The van der Waals surface area contributed by atoms with Crippen LogP contribution >= 0.6 is 11.6 Å².